The van der Waals surface area contributed by atoms with Crippen molar-refractivity contribution in [3.63, 3.8) is 0 Å². The van der Waals surface area contributed by atoms with E-state index in [1.165, 1.54) is 5.56 Å². The van der Waals surface area contributed by atoms with Crippen molar-refractivity contribution in [2.24, 2.45) is 0 Å². The number of fused-ring (bicyclic) bond motifs is 1. The second-order valence-corrected chi connectivity index (χ2v) is 5.36. The van der Waals surface area contributed by atoms with E-state index in [4.69, 9.17) is 0 Å². The van der Waals surface area contributed by atoms with Crippen LogP contribution in [0, 0.1) is 0 Å². The fourth-order valence-electron chi connectivity index (χ4n) is 2.53. The molecule has 4 nitrogen and oxygen atoms in total. The van der Waals surface area contributed by atoms with Crippen molar-refractivity contribution in [3.05, 3.63) is 60.4 Å². The van der Waals surface area contributed by atoms with Gasteiger partial charge in [0, 0.05) is 5.69 Å². The maximum atomic E-state index is 12.2. The van der Waals surface area contributed by atoms with Crippen molar-refractivity contribution in [3.8, 4) is 0 Å². The van der Waals surface area contributed by atoms with Crippen molar-refractivity contribution < 1.29 is 4.79 Å². The Hall–Kier alpha value is -2.62. The standard InChI is InChI=1S/C18H19N3O/c1-2-5-14-8-10-15(11-9-14)20-18(22)12-21-13-19-16-6-3-4-7-17(16)21/h3-4,6-11,13H,2,5,12H2,1H3,(H,20,22). The molecule has 4 heteroatoms. The first-order chi connectivity index (χ1) is 10.8. The highest BCUT2D eigenvalue weighted by Gasteiger charge is 2.07. The van der Waals surface area contributed by atoms with Crippen molar-refractivity contribution >= 4 is 22.6 Å². The quantitative estimate of drug-likeness (QED) is 0.781. The van der Waals surface area contributed by atoms with E-state index in [-0.39, 0.29) is 12.5 Å². The normalized spacial score (nSPS) is 10.8. The molecule has 0 saturated heterocycles. The first-order valence-corrected chi connectivity index (χ1v) is 7.55. The van der Waals surface area contributed by atoms with E-state index in [2.05, 4.69) is 29.4 Å². The minimum Gasteiger partial charge on any atom is -0.325 e. The zero-order valence-electron chi connectivity index (χ0n) is 12.6. The zero-order valence-corrected chi connectivity index (χ0v) is 12.6. The average molecular weight is 293 g/mol. The molecule has 0 saturated carbocycles. The van der Waals surface area contributed by atoms with Gasteiger partial charge in [-0.15, -0.1) is 0 Å². The van der Waals surface area contributed by atoms with Crippen LogP contribution in [0.2, 0.25) is 0 Å². The topological polar surface area (TPSA) is 46.9 Å². The number of aromatic nitrogens is 2. The van der Waals surface area contributed by atoms with Crippen LogP contribution >= 0.6 is 0 Å². The molecule has 22 heavy (non-hydrogen) atoms. The fourth-order valence-corrected chi connectivity index (χ4v) is 2.53. The maximum Gasteiger partial charge on any atom is 0.244 e. The summed E-state index contributed by atoms with van der Waals surface area (Å²) in [6.45, 7) is 2.42. The number of benzene rings is 2. The average Bonchev–Trinajstić information content (AvgIpc) is 2.93. The molecule has 2 aromatic carbocycles. The molecule has 1 heterocycles. The molecule has 0 aliphatic carbocycles. The number of amides is 1. The smallest absolute Gasteiger partial charge is 0.244 e. The third-order valence-corrected chi connectivity index (χ3v) is 3.62. The van der Waals surface area contributed by atoms with Crippen LogP contribution in [0.25, 0.3) is 11.0 Å². The minimum absolute atomic E-state index is 0.0496. The van der Waals surface area contributed by atoms with Crippen molar-refractivity contribution in [1.82, 2.24) is 9.55 Å². The van der Waals surface area contributed by atoms with Crippen LogP contribution in [-0.2, 0) is 17.8 Å². The molecule has 112 valence electrons. The van der Waals surface area contributed by atoms with Gasteiger partial charge < -0.3 is 9.88 Å². The molecular weight excluding hydrogens is 274 g/mol. The van der Waals surface area contributed by atoms with Gasteiger partial charge in [0.05, 0.1) is 17.4 Å². The second-order valence-electron chi connectivity index (χ2n) is 5.36. The summed E-state index contributed by atoms with van der Waals surface area (Å²) in [5, 5.41) is 2.93. The molecule has 3 aromatic rings. The Bertz CT molecular complexity index is 774. The molecular formula is C18H19N3O. The van der Waals surface area contributed by atoms with Crippen LogP contribution in [0.15, 0.2) is 54.9 Å². The van der Waals surface area contributed by atoms with Gasteiger partial charge in [0.15, 0.2) is 0 Å². The molecule has 0 bridgehead atoms. The van der Waals surface area contributed by atoms with Crippen molar-refractivity contribution in [1.29, 1.82) is 0 Å². The highest BCUT2D eigenvalue weighted by molar-refractivity contribution is 5.91. The van der Waals surface area contributed by atoms with Crippen molar-refractivity contribution in [2.75, 3.05) is 5.32 Å². The first kappa shape index (κ1) is 14.3. The van der Waals surface area contributed by atoms with Gasteiger partial charge in [-0.1, -0.05) is 37.6 Å². The highest BCUT2D eigenvalue weighted by Crippen LogP contribution is 2.13. The van der Waals surface area contributed by atoms with E-state index in [1.807, 2.05) is 41.0 Å². The van der Waals surface area contributed by atoms with E-state index in [0.29, 0.717) is 0 Å². The number of anilines is 1. The lowest BCUT2D eigenvalue weighted by Gasteiger charge is -2.07. The zero-order chi connectivity index (χ0) is 15.4. The van der Waals surface area contributed by atoms with Crippen LogP contribution < -0.4 is 5.32 Å². The van der Waals surface area contributed by atoms with E-state index in [1.54, 1.807) is 6.33 Å². The third kappa shape index (κ3) is 3.17. The molecule has 1 N–H and O–H groups in total. The fraction of sp³-hybridized carbons (Fsp3) is 0.222. The molecule has 0 fully saturated rings. The SMILES string of the molecule is CCCc1ccc(NC(=O)Cn2cnc3ccccc32)cc1. The van der Waals surface area contributed by atoms with Gasteiger partial charge in [-0.25, -0.2) is 4.98 Å². The number of hydrogen-bond acceptors (Lipinski definition) is 2. The third-order valence-electron chi connectivity index (χ3n) is 3.62. The molecule has 0 atom stereocenters. The lowest BCUT2D eigenvalue weighted by atomic mass is 10.1. The van der Waals surface area contributed by atoms with E-state index < -0.39 is 0 Å². The summed E-state index contributed by atoms with van der Waals surface area (Å²) in [6.07, 6.45) is 3.89. The Balaban J connectivity index is 1.67. The molecule has 1 aromatic heterocycles. The number of imidazole rings is 1. The molecule has 0 unspecified atom stereocenters. The number of hydrogen-bond donors (Lipinski definition) is 1. The summed E-state index contributed by atoms with van der Waals surface area (Å²) in [7, 11) is 0. The first-order valence-electron chi connectivity index (χ1n) is 7.55. The summed E-state index contributed by atoms with van der Waals surface area (Å²) in [5.41, 5.74) is 3.99. The number of nitrogens with one attached hydrogen (secondary N) is 1. The predicted molar refractivity (Wildman–Crippen MR) is 88.8 cm³/mol. The predicted octanol–water partition coefficient (Wildman–Crippen LogP) is 3.63. The van der Waals surface area contributed by atoms with E-state index >= 15 is 0 Å². The molecule has 0 aliphatic heterocycles. The number of rotatable bonds is 5. The Morgan fingerprint density at radius 3 is 2.68 bits per heavy atom. The summed E-state index contributed by atoms with van der Waals surface area (Å²) in [6, 6.07) is 15.8. The van der Waals surface area contributed by atoms with Crippen LogP contribution in [0.3, 0.4) is 0 Å². The summed E-state index contributed by atoms with van der Waals surface area (Å²) in [4.78, 5) is 16.5. The number of aryl methyl sites for hydroxylation is 1. The van der Waals surface area contributed by atoms with Crippen LogP contribution in [0.5, 0.6) is 0 Å². The Morgan fingerprint density at radius 2 is 1.91 bits per heavy atom. The van der Waals surface area contributed by atoms with Gasteiger partial charge in [0.2, 0.25) is 5.91 Å². The summed E-state index contributed by atoms with van der Waals surface area (Å²) < 4.78 is 1.86. The number of para-hydroxylation sites is 2. The summed E-state index contributed by atoms with van der Waals surface area (Å²) >= 11 is 0. The van der Waals surface area contributed by atoms with E-state index in [9.17, 15) is 4.79 Å². The molecule has 1 amide bonds. The lowest BCUT2D eigenvalue weighted by molar-refractivity contribution is -0.116. The van der Waals surface area contributed by atoms with Gasteiger partial charge in [-0.2, -0.15) is 0 Å². The second kappa shape index (κ2) is 6.43. The molecule has 0 radical (unpaired) electrons. The van der Waals surface area contributed by atoms with Gasteiger partial charge in [-0.3, -0.25) is 4.79 Å². The van der Waals surface area contributed by atoms with Gasteiger partial charge in [-0.05, 0) is 36.2 Å². The van der Waals surface area contributed by atoms with Crippen LogP contribution in [0.1, 0.15) is 18.9 Å². The molecule has 0 aliphatic rings. The van der Waals surface area contributed by atoms with Crippen LogP contribution in [-0.4, -0.2) is 15.5 Å². The van der Waals surface area contributed by atoms with Crippen molar-refractivity contribution in [2.45, 2.75) is 26.3 Å². The largest absolute Gasteiger partial charge is 0.325 e. The van der Waals surface area contributed by atoms with Gasteiger partial charge >= 0.3 is 0 Å². The monoisotopic (exact) mass is 293 g/mol. The number of carbonyl (C=O) groups is 1. The Labute approximate surface area is 129 Å². The van der Waals surface area contributed by atoms with E-state index in [0.717, 1.165) is 29.6 Å². The lowest BCUT2D eigenvalue weighted by Crippen LogP contribution is -2.18. The highest BCUT2D eigenvalue weighted by atomic mass is 16.1. The summed E-state index contributed by atoms with van der Waals surface area (Å²) in [5.74, 6) is -0.0496. The van der Waals surface area contributed by atoms with Crippen LogP contribution in [0.4, 0.5) is 5.69 Å². The van der Waals surface area contributed by atoms with Gasteiger partial charge in [0.25, 0.3) is 0 Å². The number of carbonyl (C=O) groups excluding carboxylic acids is 1. The Kier molecular flexibility index (Phi) is 4.19. The minimum atomic E-state index is -0.0496. The number of nitrogens with zero attached hydrogens (tertiary/aromatic N) is 2. The maximum absolute atomic E-state index is 12.2. The molecule has 3 rings (SSSR count). The molecule has 0 spiro atoms. The Morgan fingerprint density at radius 1 is 1.14 bits per heavy atom. The van der Waals surface area contributed by atoms with Gasteiger partial charge in [0.1, 0.15) is 6.54 Å².